The third-order valence-corrected chi connectivity index (χ3v) is 4.04. The number of para-hydroxylation sites is 1. The maximum absolute atomic E-state index is 12.1. The third-order valence-electron chi connectivity index (χ3n) is 4.04. The van der Waals surface area contributed by atoms with Crippen LogP contribution in [0.4, 0.5) is 5.69 Å². The molecule has 1 saturated carbocycles. The highest BCUT2D eigenvalue weighted by Crippen LogP contribution is 2.32. The lowest BCUT2D eigenvalue weighted by Crippen LogP contribution is -2.41. The molecule has 19 heavy (non-hydrogen) atoms. The number of carbonyl (C=O) groups excluding carboxylic acids is 1. The Balaban J connectivity index is 1.53. The molecule has 1 aromatic rings. The first kappa shape index (κ1) is 12.5. The second kappa shape index (κ2) is 5.21. The summed E-state index contributed by atoms with van der Waals surface area (Å²) in [5.74, 6) is 0.411. The molecule has 1 aromatic carbocycles. The molecular formula is C15H20N2O2. The fraction of sp³-hybridized carbons (Fsp3) is 0.533. The second-order valence-corrected chi connectivity index (χ2v) is 5.59. The highest BCUT2D eigenvalue weighted by Gasteiger charge is 2.31. The summed E-state index contributed by atoms with van der Waals surface area (Å²) in [6.07, 6.45) is 2.59. The van der Waals surface area contributed by atoms with Gasteiger partial charge in [-0.25, -0.2) is 0 Å². The van der Waals surface area contributed by atoms with Gasteiger partial charge in [0.2, 0.25) is 5.91 Å². The van der Waals surface area contributed by atoms with Crippen LogP contribution in [-0.2, 0) is 11.2 Å². The zero-order chi connectivity index (χ0) is 13.2. The number of rotatable bonds is 4. The van der Waals surface area contributed by atoms with Gasteiger partial charge in [0.05, 0.1) is 12.0 Å². The Morgan fingerprint density at radius 2 is 2.21 bits per heavy atom. The number of aliphatic hydroxyl groups excluding tert-OH is 1. The molecule has 4 heteroatoms. The third kappa shape index (κ3) is 2.89. The maximum atomic E-state index is 12.1. The van der Waals surface area contributed by atoms with Gasteiger partial charge in [0.25, 0.3) is 0 Å². The van der Waals surface area contributed by atoms with Gasteiger partial charge in [-0.15, -0.1) is 0 Å². The number of aliphatic hydroxyl groups is 1. The molecule has 4 nitrogen and oxygen atoms in total. The number of benzene rings is 1. The number of fused-ring (bicyclic) bond motifs is 1. The van der Waals surface area contributed by atoms with Crippen LogP contribution in [0.1, 0.15) is 18.4 Å². The number of nitrogens with one attached hydrogen (secondary N) is 2. The molecule has 0 radical (unpaired) electrons. The maximum Gasteiger partial charge on any atom is 0.225 e. The summed E-state index contributed by atoms with van der Waals surface area (Å²) in [5, 5.41) is 15.9. The van der Waals surface area contributed by atoms with Crippen LogP contribution in [0.5, 0.6) is 0 Å². The molecule has 1 aliphatic carbocycles. The first-order valence-electron chi connectivity index (χ1n) is 7.01. The summed E-state index contributed by atoms with van der Waals surface area (Å²) < 4.78 is 0. The number of amides is 1. The smallest absolute Gasteiger partial charge is 0.225 e. The lowest BCUT2D eigenvalue weighted by atomic mass is 9.93. The van der Waals surface area contributed by atoms with E-state index in [4.69, 9.17) is 0 Å². The van der Waals surface area contributed by atoms with Crippen molar-refractivity contribution in [2.75, 3.05) is 18.4 Å². The van der Waals surface area contributed by atoms with E-state index in [0.717, 1.165) is 24.9 Å². The zero-order valence-corrected chi connectivity index (χ0v) is 10.9. The van der Waals surface area contributed by atoms with Gasteiger partial charge >= 0.3 is 0 Å². The first-order chi connectivity index (χ1) is 9.24. The Kier molecular flexibility index (Phi) is 3.42. The molecular weight excluding hydrogens is 240 g/mol. The molecule has 3 N–H and O–H groups in total. The summed E-state index contributed by atoms with van der Waals surface area (Å²) in [4.78, 5) is 12.1. The van der Waals surface area contributed by atoms with Crippen LogP contribution in [-0.4, -0.2) is 30.2 Å². The van der Waals surface area contributed by atoms with Gasteiger partial charge in [-0.05, 0) is 36.8 Å². The summed E-state index contributed by atoms with van der Waals surface area (Å²) in [5.41, 5.74) is 2.32. The Bertz CT molecular complexity index is 471. The zero-order valence-electron chi connectivity index (χ0n) is 10.9. The van der Waals surface area contributed by atoms with Gasteiger partial charge in [-0.2, -0.15) is 0 Å². The van der Waals surface area contributed by atoms with Crippen molar-refractivity contribution in [3.05, 3.63) is 29.8 Å². The summed E-state index contributed by atoms with van der Waals surface area (Å²) in [7, 11) is 0. The molecule has 0 bridgehead atoms. The molecule has 2 atom stereocenters. The summed E-state index contributed by atoms with van der Waals surface area (Å²) >= 11 is 0. The average molecular weight is 260 g/mol. The Labute approximate surface area is 113 Å². The van der Waals surface area contributed by atoms with Crippen molar-refractivity contribution >= 4 is 11.6 Å². The van der Waals surface area contributed by atoms with Crippen molar-refractivity contribution in [2.24, 2.45) is 11.8 Å². The Hall–Kier alpha value is -1.55. The van der Waals surface area contributed by atoms with E-state index >= 15 is 0 Å². The lowest BCUT2D eigenvalue weighted by Gasteiger charge is -2.25. The van der Waals surface area contributed by atoms with E-state index in [1.807, 2.05) is 18.2 Å². The van der Waals surface area contributed by atoms with Crippen LogP contribution in [0.25, 0.3) is 0 Å². The highest BCUT2D eigenvalue weighted by molar-refractivity contribution is 5.80. The van der Waals surface area contributed by atoms with Crippen LogP contribution in [0.2, 0.25) is 0 Å². The van der Waals surface area contributed by atoms with E-state index < -0.39 is 0 Å². The lowest BCUT2D eigenvalue weighted by molar-refractivity contribution is -0.125. The van der Waals surface area contributed by atoms with E-state index in [0.29, 0.717) is 19.0 Å². The number of hydrogen-bond acceptors (Lipinski definition) is 3. The van der Waals surface area contributed by atoms with Crippen molar-refractivity contribution in [2.45, 2.75) is 25.4 Å². The predicted octanol–water partition coefficient (Wildman–Crippen LogP) is 1.16. The monoisotopic (exact) mass is 260 g/mol. The quantitative estimate of drug-likeness (QED) is 0.761. The second-order valence-electron chi connectivity index (χ2n) is 5.59. The standard InChI is InChI=1S/C15H20N2O2/c18-14(10-5-6-10)9-17-15(19)12-7-11-3-1-2-4-13(11)16-8-12/h1-4,10,12,14,16,18H,5-9H2,(H,17,19). The first-order valence-corrected chi connectivity index (χ1v) is 7.01. The molecule has 3 rings (SSSR count). The molecule has 102 valence electrons. The highest BCUT2D eigenvalue weighted by atomic mass is 16.3. The summed E-state index contributed by atoms with van der Waals surface area (Å²) in [6.45, 7) is 1.06. The van der Waals surface area contributed by atoms with E-state index in [1.165, 1.54) is 5.56 Å². The molecule has 0 aromatic heterocycles. The molecule has 1 fully saturated rings. The minimum absolute atomic E-state index is 0.0405. The minimum atomic E-state index is -0.368. The van der Waals surface area contributed by atoms with E-state index in [2.05, 4.69) is 16.7 Å². The van der Waals surface area contributed by atoms with Crippen LogP contribution in [0, 0.1) is 11.8 Å². The number of hydrogen-bond donors (Lipinski definition) is 3. The molecule has 0 saturated heterocycles. The van der Waals surface area contributed by atoms with Crippen molar-refractivity contribution in [1.82, 2.24) is 5.32 Å². The van der Waals surface area contributed by atoms with E-state index in [1.54, 1.807) is 0 Å². The van der Waals surface area contributed by atoms with Crippen molar-refractivity contribution in [3.8, 4) is 0 Å². The van der Waals surface area contributed by atoms with Gasteiger partial charge in [-0.1, -0.05) is 18.2 Å². The van der Waals surface area contributed by atoms with Crippen LogP contribution >= 0.6 is 0 Å². The number of anilines is 1. The van der Waals surface area contributed by atoms with Crippen LogP contribution < -0.4 is 10.6 Å². The molecule has 1 aliphatic heterocycles. The van der Waals surface area contributed by atoms with Gasteiger partial charge in [-0.3, -0.25) is 4.79 Å². The fourth-order valence-corrected chi connectivity index (χ4v) is 2.62. The fourth-order valence-electron chi connectivity index (χ4n) is 2.62. The van der Waals surface area contributed by atoms with Crippen molar-refractivity contribution in [3.63, 3.8) is 0 Å². The molecule has 2 aliphatic rings. The van der Waals surface area contributed by atoms with Crippen molar-refractivity contribution < 1.29 is 9.90 Å². The largest absolute Gasteiger partial charge is 0.391 e. The molecule has 1 amide bonds. The van der Waals surface area contributed by atoms with Gasteiger partial charge in [0.15, 0.2) is 0 Å². The predicted molar refractivity (Wildman–Crippen MR) is 73.9 cm³/mol. The normalized spacial score (nSPS) is 23.1. The van der Waals surface area contributed by atoms with Crippen LogP contribution in [0.3, 0.4) is 0 Å². The number of carbonyl (C=O) groups is 1. The van der Waals surface area contributed by atoms with E-state index in [-0.39, 0.29) is 17.9 Å². The molecule has 2 unspecified atom stereocenters. The summed E-state index contributed by atoms with van der Waals surface area (Å²) in [6, 6.07) is 8.09. The minimum Gasteiger partial charge on any atom is -0.391 e. The molecule has 1 heterocycles. The topological polar surface area (TPSA) is 61.4 Å². The Morgan fingerprint density at radius 3 is 3.00 bits per heavy atom. The van der Waals surface area contributed by atoms with Crippen LogP contribution in [0.15, 0.2) is 24.3 Å². The van der Waals surface area contributed by atoms with Gasteiger partial charge in [0, 0.05) is 18.8 Å². The average Bonchev–Trinajstić information content (AvgIpc) is 3.28. The van der Waals surface area contributed by atoms with E-state index in [9.17, 15) is 9.90 Å². The van der Waals surface area contributed by atoms with Gasteiger partial charge in [0.1, 0.15) is 0 Å². The van der Waals surface area contributed by atoms with Crippen molar-refractivity contribution in [1.29, 1.82) is 0 Å². The SMILES string of the molecule is O=C(NCC(O)C1CC1)C1CNc2ccccc2C1. The Morgan fingerprint density at radius 1 is 1.42 bits per heavy atom. The van der Waals surface area contributed by atoms with Gasteiger partial charge < -0.3 is 15.7 Å². The molecule has 0 spiro atoms.